The van der Waals surface area contributed by atoms with Gasteiger partial charge < -0.3 is 4.74 Å². The molecule has 1 aromatic heterocycles. The van der Waals surface area contributed by atoms with E-state index in [0.29, 0.717) is 13.1 Å². The molecule has 0 aliphatic carbocycles. The summed E-state index contributed by atoms with van der Waals surface area (Å²) >= 11 is 0. The molecule has 2 heterocycles. The molecule has 1 aliphatic rings. The fourth-order valence-corrected chi connectivity index (χ4v) is 4.47. The van der Waals surface area contributed by atoms with Gasteiger partial charge in [-0.25, -0.2) is 4.68 Å². The van der Waals surface area contributed by atoms with Gasteiger partial charge in [-0.3, -0.25) is 14.4 Å². The van der Waals surface area contributed by atoms with Crippen molar-refractivity contribution in [3.63, 3.8) is 0 Å². The molecular formula is C27H27N3O2. The lowest BCUT2D eigenvalue weighted by Gasteiger charge is -2.24. The summed E-state index contributed by atoms with van der Waals surface area (Å²) in [5.41, 5.74) is 4.99. The lowest BCUT2D eigenvalue weighted by molar-refractivity contribution is 0.143. The third-order valence-electron chi connectivity index (χ3n) is 6.29. The van der Waals surface area contributed by atoms with Crippen molar-refractivity contribution in [2.45, 2.75) is 26.1 Å². The Morgan fingerprint density at radius 3 is 2.31 bits per heavy atom. The van der Waals surface area contributed by atoms with E-state index in [9.17, 15) is 4.79 Å². The first-order chi connectivity index (χ1) is 15.6. The van der Waals surface area contributed by atoms with Crippen LogP contribution in [-0.4, -0.2) is 20.8 Å². The molecule has 32 heavy (non-hydrogen) atoms. The number of hydrogen-bond acceptors (Lipinski definition) is 3. The minimum Gasteiger partial charge on any atom is -0.484 e. The SMILES string of the molecule is Cc1c(CN2Cc3ccccc3O[C@@H](c3ccccc3)C2)c(=O)n(-c2ccccc2)n1C. The average molecular weight is 426 g/mol. The smallest absolute Gasteiger partial charge is 0.276 e. The molecule has 5 heteroatoms. The molecule has 3 aromatic carbocycles. The molecule has 0 fully saturated rings. The first-order valence-electron chi connectivity index (χ1n) is 11.0. The first kappa shape index (κ1) is 20.3. The maximum absolute atomic E-state index is 13.5. The van der Waals surface area contributed by atoms with Gasteiger partial charge >= 0.3 is 0 Å². The second-order valence-electron chi connectivity index (χ2n) is 8.33. The summed E-state index contributed by atoms with van der Waals surface area (Å²) in [6.45, 7) is 4.03. The second-order valence-corrected chi connectivity index (χ2v) is 8.33. The number of para-hydroxylation sites is 2. The van der Waals surface area contributed by atoms with E-state index in [-0.39, 0.29) is 11.7 Å². The quantitative estimate of drug-likeness (QED) is 0.479. The van der Waals surface area contributed by atoms with Crippen molar-refractivity contribution < 1.29 is 4.74 Å². The van der Waals surface area contributed by atoms with E-state index < -0.39 is 0 Å². The molecule has 4 aromatic rings. The maximum atomic E-state index is 13.5. The van der Waals surface area contributed by atoms with Crippen LogP contribution in [0.5, 0.6) is 5.75 Å². The van der Waals surface area contributed by atoms with Crippen molar-refractivity contribution in [2.75, 3.05) is 6.54 Å². The predicted octanol–water partition coefficient (Wildman–Crippen LogP) is 4.62. The van der Waals surface area contributed by atoms with Gasteiger partial charge in [0.15, 0.2) is 0 Å². The third-order valence-corrected chi connectivity index (χ3v) is 6.29. The molecule has 5 rings (SSSR count). The third kappa shape index (κ3) is 3.76. The van der Waals surface area contributed by atoms with Crippen molar-refractivity contribution in [3.8, 4) is 11.4 Å². The van der Waals surface area contributed by atoms with E-state index in [1.54, 1.807) is 4.68 Å². The van der Waals surface area contributed by atoms with E-state index in [4.69, 9.17) is 4.74 Å². The number of benzene rings is 3. The summed E-state index contributed by atoms with van der Waals surface area (Å²) < 4.78 is 10.1. The van der Waals surface area contributed by atoms with Crippen LogP contribution in [0, 0.1) is 6.92 Å². The molecule has 0 unspecified atom stereocenters. The normalized spacial score (nSPS) is 16.2. The van der Waals surface area contributed by atoms with Gasteiger partial charge in [0.1, 0.15) is 11.9 Å². The van der Waals surface area contributed by atoms with Crippen molar-refractivity contribution in [1.82, 2.24) is 14.3 Å². The topological polar surface area (TPSA) is 39.4 Å². The van der Waals surface area contributed by atoms with Crippen LogP contribution in [0.4, 0.5) is 0 Å². The van der Waals surface area contributed by atoms with Crippen LogP contribution in [0.1, 0.15) is 28.5 Å². The Kier molecular flexibility index (Phi) is 5.41. The fraction of sp³-hybridized carbons (Fsp3) is 0.222. The molecule has 0 bridgehead atoms. The minimum absolute atomic E-state index is 0.0333. The highest BCUT2D eigenvalue weighted by Gasteiger charge is 2.26. The number of ether oxygens (including phenoxy) is 1. The van der Waals surface area contributed by atoms with E-state index in [0.717, 1.165) is 40.4 Å². The summed E-state index contributed by atoms with van der Waals surface area (Å²) in [5.74, 6) is 0.912. The van der Waals surface area contributed by atoms with Crippen LogP contribution in [0.15, 0.2) is 89.7 Å². The van der Waals surface area contributed by atoms with Crippen LogP contribution >= 0.6 is 0 Å². The zero-order chi connectivity index (χ0) is 22.1. The Balaban J connectivity index is 1.52. The van der Waals surface area contributed by atoms with Crippen LogP contribution in [0.3, 0.4) is 0 Å². The minimum atomic E-state index is -0.0970. The lowest BCUT2D eigenvalue weighted by Crippen LogP contribution is -2.30. The summed E-state index contributed by atoms with van der Waals surface area (Å²) in [6.07, 6.45) is -0.0970. The van der Waals surface area contributed by atoms with Crippen molar-refractivity contribution in [2.24, 2.45) is 7.05 Å². The Morgan fingerprint density at radius 1 is 0.906 bits per heavy atom. The molecule has 0 saturated heterocycles. The molecule has 1 atom stereocenters. The van der Waals surface area contributed by atoms with Gasteiger partial charge in [-0.15, -0.1) is 0 Å². The van der Waals surface area contributed by atoms with Crippen molar-refractivity contribution in [1.29, 1.82) is 0 Å². The molecule has 0 spiro atoms. The highest BCUT2D eigenvalue weighted by atomic mass is 16.5. The largest absolute Gasteiger partial charge is 0.484 e. The number of nitrogens with zero attached hydrogens (tertiary/aromatic N) is 3. The van der Waals surface area contributed by atoms with E-state index >= 15 is 0 Å². The molecule has 0 amide bonds. The maximum Gasteiger partial charge on any atom is 0.276 e. The van der Waals surface area contributed by atoms with Crippen LogP contribution in [0.25, 0.3) is 5.69 Å². The highest BCUT2D eigenvalue weighted by molar-refractivity contribution is 5.36. The standard InChI is InChI=1S/C27H27N3O2/c1-20-24(27(31)30(28(20)2)23-14-7-4-8-15-23)18-29-17-22-13-9-10-16-25(22)32-26(19-29)21-11-5-3-6-12-21/h3-16,26H,17-19H2,1-2H3/t26-/m1/s1. The van der Waals surface area contributed by atoms with Gasteiger partial charge in [0, 0.05) is 37.9 Å². The molecule has 5 nitrogen and oxygen atoms in total. The zero-order valence-corrected chi connectivity index (χ0v) is 18.4. The second kappa shape index (κ2) is 8.52. The Morgan fingerprint density at radius 2 is 1.56 bits per heavy atom. The molecule has 0 N–H and O–H groups in total. The van der Waals surface area contributed by atoms with Gasteiger partial charge in [-0.2, -0.15) is 0 Å². The van der Waals surface area contributed by atoms with E-state index in [1.807, 2.05) is 85.4 Å². The Labute approximate surface area is 188 Å². The molecule has 1 aliphatic heterocycles. The molecular weight excluding hydrogens is 398 g/mol. The highest BCUT2D eigenvalue weighted by Crippen LogP contribution is 2.31. The number of fused-ring (bicyclic) bond motifs is 1. The summed E-state index contributed by atoms with van der Waals surface area (Å²) in [7, 11) is 1.95. The summed E-state index contributed by atoms with van der Waals surface area (Å²) in [4.78, 5) is 15.8. The van der Waals surface area contributed by atoms with E-state index in [1.165, 1.54) is 0 Å². The first-order valence-corrected chi connectivity index (χ1v) is 11.0. The predicted molar refractivity (Wildman–Crippen MR) is 126 cm³/mol. The fourth-order valence-electron chi connectivity index (χ4n) is 4.47. The lowest BCUT2D eigenvalue weighted by atomic mass is 10.1. The summed E-state index contributed by atoms with van der Waals surface area (Å²) in [6, 6.07) is 28.3. The monoisotopic (exact) mass is 425 g/mol. The van der Waals surface area contributed by atoms with Gasteiger partial charge in [0.2, 0.25) is 0 Å². The molecule has 0 saturated carbocycles. The Bertz CT molecular complexity index is 1280. The number of aromatic nitrogens is 2. The van der Waals surface area contributed by atoms with Gasteiger partial charge in [0.25, 0.3) is 5.56 Å². The Hall–Kier alpha value is -3.57. The summed E-state index contributed by atoms with van der Waals surface area (Å²) in [5, 5.41) is 0. The van der Waals surface area contributed by atoms with E-state index in [2.05, 4.69) is 23.1 Å². The van der Waals surface area contributed by atoms with Crippen molar-refractivity contribution in [3.05, 3.63) is 118 Å². The van der Waals surface area contributed by atoms with Gasteiger partial charge in [-0.1, -0.05) is 66.7 Å². The van der Waals surface area contributed by atoms with Crippen molar-refractivity contribution >= 4 is 0 Å². The number of rotatable bonds is 4. The zero-order valence-electron chi connectivity index (χ0n) is 18.4. The van der Waals surface area contributed by atoms with Crippen LogP contribution in [-0.2, 0) is 20.1 Å². The van der Waals surface area contributed by atoms with Gasteiger partial charge in [0.05, 0.1) is 11.3 Å². The average Bonchev–Trinajstić information content (AvgIpc) is 2.96. The van der Waals surface area contributed by atoms with Crippen LogP contribution < -0.4 is 10.3 Å². The molecule has 0 radical (unpaired) electrons. The van der Waals surface area contributed by atoms with Crippen LogP contribution in [0.2, 0.25) is 0 Å². The molecule has 162 valence electrons. The number of hydrogen-bond donors (Lipinski definition) is 0. The van der Waals surface area contributed by atoms with Gasteiger partial charge in [-0.05, 0) is 30.7 Å².